The highest BCUT2D eigenvalue weighted by molar-refractivity contribution is 5.46. The van der Waals surface area contributed by atoms with E-state index in [0.29, 0.717) is 0 Å². The second kappa shape index (κ2) is 5.79. The van der Waals surface area contributed by atoms with Crippen molar-refractivity contribution in [2.45, 2.75) is 19.9 Å². The van der Waals surface area contributed by atoms with Gasteiger partial charge in [-0.25, -0.2) is 9.67 Å². The normalized spacial score (nSPS) is 12.1. The van der Waals surface area contributed by atoms with Crippen LogP contribution in [0.3, 0.4) is 0 Å². The Hall–Kier alpha value is -2.62. The lowest BCUT2D eigenvalue weighted by molar-refractivity contribution is 0.841. The minimum atomic E-state index is 0.239. The van der Waals surface area contributed by atoms with E-state index in [1.165, 1.54) is 11.1 Å². The molecule has 0 bridgehead atoms. The Morgan fingerprint density at radius 3 is 2.62 bits per heavy atom. The first kappa shape index (κ1) is 13.4. The fraction of sp³-hybridized carbons (Fsp3) is 0.176. The average Bonchev–Trinajstić information content (AvgIpc) is 3.02. The molecule has 1 N–H and O–H groups in total. The number of hydrogen-bond acceptors (Lipinski definition) is 3. The van der Waals surface area contributed by atoms with E-state index in [9.17, 15) is 0 Å². The number of nitrogens with zero attached hydrogens (tertiary/aromatic N) is 3. The molecule has 106 valence electrons. The molecule has 0 saturated carbocycles. The van der Waals surface area contributed by atoms with Crippen LogP contribution in [-0.4, -0.2) is 14.8 Å². The van der Waals surface area contributed by atoms with E-state index in [1.54, 1.807) is 10.9 Å². The molecule has 1 unspecified atom stereocenters. The highest BCUT2D eigenvalue weighted by Gasteiger charge is 2.08. The van der Waals surface area contributed by atoms with Crippen LogP contribution < -0.4 is 5.32 Å². The number of rotatable bonds is 4. The van der Waals surface area contributed by atoms with Gasteiger partial charge in [-0.05, 0) is 43.2 Å². The van der Waals surface area contributed by atoms with Gasteiger partial charge in [0, 0.05) is 18.4 Å². The molecule has 0 spiro atoms. The van der Waals surface area contributed by atoms with Gasteiger partial charge < -0.3 is 5.32 Å². The molecule has 0 amide bonds. The molecule has 0 radical (unpaired) electrons. The summed E-state index contributed by atoms with van der Waals surface area (Å²) in [4.78, 5) is 4.43. The Morgan fingerprint density at radius 2 is 1.95 bits per heavy atom. The largest absolute Gasteiger partial charge is 0.377 e. The maximum absolute atomic E-state index is 4.43. The number of aromatic nitrogens is 3. The van der Waals surface area contributed by atoms with E-state index in [4.69, 9.17) is 0 Å². The summed E-state index contributed by atoms with van der Waals surface area (Å²) in [5.41, 5.74) is 3.59. The third kappa shape index (κ3) is 2.94. The lowest BCUT2D eigenvalue weighted by Gasteiger charge is -2.17. The van der Waals surface area contributed by atoms with Gasteiger partial charge in [-0.3, -0.25) is 0 Å². The molecular formula is C17H18N4. The summed E-state index contributed by atoms with van der Waals surface area (Å²) in [6.07, 6.45) is 5.46. The predicted molar refractivity (Wildman–Crippen MR) is 84.6 cm³/mol. The van der Waals surface area contributed by atoms with Crippen molar-refractivity contribution in [3.63, 3.8) is 0 Å². The first-order chi connectivity index (χ1) is 10.2. The third-order valence-corrected chi connectivity index (χ3v) is 3.53. The van der Waals surface area contributed by atoms with Gasteiger partial charge in [0.05, 0.1) is 11.9 Å². The highest BCUT2D eigenvalue weighted by atomic mass is 15.3. The van der Waals surface area contributed by atoms with Crippen LogP contribution in [0.4, 0.5) is 5.69 Å². The molecular weight excluding hydrogens is 260 g/mol. The van der Waals surface area contributed by atoms with Crippen molar-refractivity contribution in [2.24, 2.45) is 0 Å². The van der Waals surface area contributed by atoms with E-state index < -0.39 is 0 Å². The highest BCUT2D eigenvalue weighted by Crippen LogP contribution is 2.21. The summed E-state index contributed by atoms with van der Waals surface area (Å²) in [6, 6.07) is 14.5. The second-order valence-electron chi connectivity index (χ2n) is 5.08. The van der Waals surface area contributed by atoms with Crippen LogP contribution in [0.5, 0.6) is 0 Å². The molecule has 0 saturated heterocycles. The molecule has 21 heavy (non-hydrogen) atoms. The molecule has 0 aliphatic carbocycles. The molecule has 0 fully saturated rings. The Balaban J connectivity index is 1.75. The average molecular weight is 278 g/mol. The molecule has 2 heterocycles. The number of anilines is 1. The van der Waals surface area contributed by atoms with E-state index >= 15 is 0 Å². The van der Waals surface area contributed by atoms with E-state index in [0.717, 1.165) is 11.5 Å². The van der Waals surface area contributed by atoms with Crippen molar-refractivity contribution in [1.29, 1.82) is 0 Å². The van der Waals surface area contributed by atoms with Crippen LogP contribution in [0, 0.1) is 6.92 Å². The van der Waals surface area contributed by atoms with Gasteiger partial charge in [0.25, 0.3) is 0 Å². The van der Waals surface area contributed by atoms with Crippen LogP contribution in [0.2, 0.25) is 0 Å². The van der Waals surface area contributed by atoms with Crippen LogP contribution in [0.15, 0.2) is 61.1 Å². The number of pyridine rings is 1. The fourth-order valence-electron chi connectivity index (χ4n) is 2.41. The topological polar surface area (TPSA) is 42.7 Å². The van der Waals surface area contributed by atoms with Crippen LogP contribution in [0.1, 0.15) is 24.1 Å². The standard InChI is InChI=1S/C17H18N4/c1-13-6-3-4-7-16(13)14(2)20-15-8-9-17(18-12-15)21-11-5-10-19-21/h3-12,14,20H,1-2H3. The third-order valence-electron chi connectivity index (χ3n) is 3.53. The van der Waals surface area contributed by atoms with Gasteiger partial charge in [0.15, 0.2) is 5.82 Å². The van der Waals surface area contributed by atoms with E-state index in [2.05, 4.69) is 53.5 Å². The van der Waals surface area contributed by atoms with E-state index in [-0.39, 0.29) is 6.04 Å². The summed E-state index contributed by atoms with van der Waals surface area (Å²) in [7, 11) is 0. The van der Waals surface area contributed by atoms with Crippen LogP contribution in [0.25, 0.3) is 5.82 Å². The summed E-state index contributed by atoms with van der Waals surface area (Å²) < 4.78 is 1.74. The minimum absolute atomic E-state index is 0.239. The summed E-state index contributed by atoms with van der Waals surface area (Å²) in [6.45, 7) is 4.29. The van der Waals surface area contributed by atoms with Crippen molar-refractivity contribution >= 4 is 5.69 Å². The second-order valence-corrected chi connectivity index (χ2v) is 5.08. The SMILES string of the molecule is Cc1ccccc1C(C)Nc1ccc(-n2cccn2)nc1. The van der Waals surface area contributed by atoms with E-state index in [1.807, 2.05) is 30.6 Å². The summed E-state index contributed by atoms with van der Waals surface area (Å²) in [5.74, 6) is 0.814. The number of nitrogens with one attached hydrogen (secondary N) is 1. The number of benzene rings is 1. The van der Waals surface area contributed by atoms with Gasteiger partial charge in [-0.1, -0.05) is 24.3 Å². The Kier molecular flexibility index (Phi) is 3.69. The van der Waals surface area contributed by atoms with Gasteiger partial charge in [-0.2, -0.15) is 5.10 Å². The van der Waals surface area contributed by atoms with Gasteiger partial charge in [0.1, 0.15) is 0 Å². The lowest BCUT2D eigenvalue weighted by atomic mass is 10.0. The zero-order valence-electron chi connectivity index (χ0n) is 12.2. The zero-order chi connectivity index (χ0) is 14.7. The first-order valence-corrected chi connectivity index (χ1v) is 7.02. The molecule has 3 aromatic rings. The van der Waals surface area contributed by atoms with Gasteiger partial charge >= 0.3 is 0 Å². The van der Waals surface area contributed by atoms with Crippen molar-refractivity contribution in [3.8, 4) is 5.82 Å². The maximum atomic E-state index is 4.43. The molecule has 0 aliphatic heterocycles. The number of aryl methyl sites for hydroxylation is 1. The molecule has 1 aromatic carbocycles. The minimum Gasteiger partial charge on any atom is -0.377 e. The first-order valence-electron chi connectivity index (χ1n) is 7.02. The molecule has 0 aliphatic rings. The maximum Gasteiger partial charge on any atom is 0.153 e. The van der Waals surface area contributed by atoms with Crippen LogP contribution in [-0.2, 0) is 0 Å². The van der Waals surface area contributed by atoms with Crippen molar-refractivity contribution in [1.82, 2.24) is 14.8 Å². The van der Waals surface area contributed by atoms with Gasteiger partial charge in [-0.15, -0.1) is 0 Å². The van der Waals surface area contributed by atoms with Crippen molar-refractivity contribution in [3.05, 3.63) is 72.2 Å². The Bertz CT molecular complexity index is 702. The molecule has 4 nitrogen and oxygen atoms in total. The van der Waals surface area contributed by atoms with Crippen molar-refractivity contribution < 1.29 is 0 Å². The van der Waals surface area contributed by atoms with Gasteiger partial charge in [0.2, 0.25) is 0 Å². The summed E-state index contributed by atoms with van der Waals surface area (Å²) >= 11 is 0. The predicted octanol–water partition coefficient (Wildman–Crippen LogP) is 3.75. The Labute approximate surface area is 124 Å². The zero-order valence-corrected chi connectivity index (χ0v) is 12.2. The van der Waals surface area contributed by atoms with Crippen molar-refractivity contribution in [2.75, 3.05) is 5.32 Å². The Morgan fingerprint density at radius 1 is 1.10 bits per heavy atom. The smallest absolute Gasteiger partial charge is 0.153 e. The molecule has 4 heteroatoms. The molecule has 1 atom stereocenters. The van der Waals surface area contributed by atoms with Crippen LogP contribution >= 0.6 is 0 Å². The number of hydrogen-bond donors (Lipinski definition) is 1. The fourth-order valence-corrected chi connectivity index (χ4v) is 2.41. The monoisotopic (exact) mass is 278 g/mol. The summed E-state index contributed by atoms with van der Waals surface area (Å²) in [5, 5.41) is 7.65. The quantitative estimate of drug-likeness (QED) is 0.790. The molecule has 3 rings (SSSR count). The lowest BCUT2D eigenvalue weighted by Crippen LogP contribution is -2.08. The molecule has 2 aromatic heterocycles.